The van der Waals surface area contributed by atoms with Crippen LogP contribution in [0.15, 0.2) is 34.7 Å². The van der Waals surface area contributed by atoms with Crippen molar-refractivity contribution in [2.24, 2.45) is 5.92 Å². The summed E-state index contributed by atoms with van der Waals surface area (Å²) in [6, 6.07) is 8.96. The van der Waals surface area contributed by atoms with Gasteiger partial charge < -0.3 is 14.8 Å². The van der Waals surface area contributed by atoms with Gasteiger partial charge in [0, 0.05) is 5.39 Å². The first-order valence-electron chi connectivity index (χ1n) is 6.50. The standard InChI is InChI=1S/C15H19NO3/c1-10(2)7-12(9-17)16-15(18)14-8-11-5-3-4-6-13(11)19-14/h3-6,8,10,12,17H,7,9H2,1-2H3,(H,16,18). The zero-order valence-electron chi connectivity index (χ0n) is 11.2. The molecule has 1 aromatic heterocycles. The molecule has 0 fully saturated rings. The topological polar surface area (TPSA) is 62.5 Å². The number of carbonyl (C=O) groups is 1. The first kappa shape index (κ1) is 13.6. The van der Waals surface area contributed by atoms with Crippen molar-refractivity contribution in [1.82, 2.24) is 5.32 Å². The molecule has 0 saturated carbocycles. The fraction of sp³-hybridized carbons (Fsp3) is 0.400. The van der Waals surface area contributed by atoms with E-state index in [4.69, 9.17) is 4.42 Å². The number of fused-ring (bicyclic) bond motifs is 1. The van der Waals surface area contributed by atoms with E-state index in [2.05, 4.69) is 19.2 Å². The van der Waals surface area contributed by atoms with E-state index in [0.717, 1.165) is 11.8 Å². The van der Waals surface area contributed by atoms with Crippen LogP contribution in [0.4, 0.5) is 0 Å². The number of hydrogen-bond acceptors (Lipinski definition) is 3. The molecule has 0 aliphatic carbocycles. The number of aliphatic hydroxyl groups is 1. The first-order chi connectivity index (χ1) is 9.10. The Hall–Kier alpha value is -1.81. The van der Waals surface area contributed by atoms with Crippen LogP contribution in [-0.2, 0) is 0 Å². The highest BCUT2D eigenvalue weighted by atomic mass is 16.3. The van der Waals surface area contributed by atoms with E-state index < -0.39 is 0 Å². The number of amides is 1. The lowest BCUT2D eigenvalue weighted by Gasteiger charge is -2.17. The minimum absolute atomic E-state index is 0.0653. The molecule has 1 amide bonds. The van der Waals surface area contributed by atoms with Crippen molar-refractivity contribution in [3.8, 4) is 0 Å². The number of hydrogen-bond donors (Lipinski definition) is 2. The molecule has 0 aliphatic rings. The molecule has 0 aliphatic heterocycles. The van der Waals surface area contributed by atoms with Crippen LogP contribution in [0.25, 0.3) is 11.0 Å². The van der Waals surface area contributed by atoms with Crippen molar-refractivity contribution < 1.29 is 14.3 Å². The van der Waals surface area contributed by atoms with Gasteiger partial charge in [0.05, 0.1) is 12.6 Å². The van der Waals surface area contributed by atoms with Gasteiger partial charge in [-0.3, -0.25) is 4.79 Å². The lowest BCUT2D eigenvalue weighted by atomic mass is 10.0. The highest BCUT2D eigenvalue weighted by Gasteiger charge is 2.17. The summed E-state index contributed by atoms with van der Waals surface area (Å²) in [6.45, 7) is 4.04. The summed E-state index contributed by atoms with van der Waals surface area (Å²) in [7, 11) is 0. The average Bonchev–Trinajstić information content (AvgIpc) is 2.81. The molecule has 4 heteroatoms. The molecular weight excluding hydrogens is 242 g/mol. The van der Waals surface area contributed by atoms with Crippen LogP contribution in [0, 0.1) is 5.92 Å². The first-order valence-corrected chi connectivity index (χ1v) is 6.50. The van der Waals surface area contributed by atoms with E-state index in [1.165, 1.54) is 0 Å². The summed E-state index contributed by atoms with van der Waals surface area (Å²) < 4.78 is 5.49. The number of carbonyl (C=O) groups excluding carboxylic acids is 1. The molecule has 0 radical (unpaired) electrons. The summed E-state index contributed by atoms with van der Waals surface area (Å²) in [5.74, 6) is 0.410. The molecule has 1 aromatic carbocycles. The maximum absolute atomic E-state index is 12.0. The third-order valence-electron chi connectivity index (χ3n) is 2.96. The number of para-hydroxylation sites is 1. The zero-order chi connectivity index (χ0) is 13.8. The predicted molar refractivity (Wildman–Crippen MR) is 74.0 cm³/mol. The molecule has 1 atom stereocenters. The molecule has 1 unspecified atom stereocenters. The van der Waals surface area contributed by atoms with Crippen LogP contribution in [0.1, 0.15) is 30.8 Å². The van der Waals surface area contributed by atoms with Gasteiger partial charge >= 0.3 is 0 Å². The number of rotatable bonds is 5. The molecule has 1 heterocycles. The van der Waals surface area contributed by atoms with Crippen LogP contribution in [0.5, 0.6) is 0 Å². The van der Waals surface area contributed by atoms with Crippen molar-refractivity contribution in [1.29, 1.82) is 0 Å². The molecule has 102 valence electrons. The zero-order valence-corrected chi connectivity index (χ0v) is 11.2. The van der Waals surface area contributed by atoms with Gasteiger partial charge in [0.25, 0.3) is 5.91 Å². The Bertz CT molecular complexity index is 526. The third-order valence-corrected chi connectivity index (χ3v) is 2.96. The van der Waals surface area contributed by atoms with Crippen molar-refractivity contribution in [3.63, 3.8) is 0 Å². The number of nitrogens with one attached hydrogen (secondary N) is 1. The molecule has 2 rings (SSSR count). The lowest BCUT2D eigenvalue weighted by Crippen LogP contribution is -2.38. The normalized spacial score (nSPS) is 12.8. The SMILES string of the molecule is CC(C)CC(CO)NC(=O)c1cc2ccccc2o1. The van der Waals surface area contributed by atoms with E-state index in [1.54, 1.807) is 6.07 Å². The molecule has 19 heavy (non-hydrogen) atoms. The Balaban J connectivity index is 2.10. The second-order valence-corrected chi connectivity index (χ2v) is 5.13. The van der Waals surface area contributed by atoms with Gasteiger partial charge in [0.2, 0.25) is 0 Å². The minimum Gasteiger partial charge on any atom is -0.451 e. The summed E-state index contributed by atoms with van der Waals surface area (Å²) in [5.41, 5.74) is 0.692. The van der Waals surface area contributed by atoms with E-state index in [9.17, 15) is 9.90 Å². The van der Waals surface area contributed by atoms with Crippen molar-refractivity contribution in [2.45, 2.75) is 26.3 Å². The molecule has 2 aromatic rings. The largest absolute Gasteiger partial charge is 0.451 e. The molecule has 0 spiro atoms. The van der Waals surface area contributed by atoms with Crippen molar-refractivity contribution >= 4 is 16.9 Å². The monoisotopic (exact) mass is 261 g/mol. The van der Waals surface area contributed by atoms with Crippen LogP contribution < -0.4 is 5.32 Å². The fourth-order valence-corrected chi connectivity index (χ4v) is 2.10. The number of benzene rings is 1. The van der Waals surface area contributed by atoms with E-state index in [1.807, 2.05) is 24.3 Å². The van der Waals surface area contributed by atoms with E-state index >= 15 is 0 Å². The van der Waals surface area contributed by atoms with Crippen LogP contribution >= 0.6 is 0 Å². The van der Waals surface area contributed by atoms with Gasteiger partial charge in [-0.25, -0.2) is 0 Å². The fourth-order valence-electron chi connectivity index (χ4n) is 2.10. The molecule has 2 N–H and O–H groups in total. The molecule has 4 nitrogen and oxygen atoms in total. The van der Waals surface area contributed by atoms with Gasteiger partial charge in [-0.05, 0) is 24.5 Å². The quantitative estimate of drug-likeness (QED) is 0.869. The van der Waals surface area contributed by atoms with Crippen LogP contribution in [0.3, 0.4) is 0 Å². The maximum atomic E-state index is 12.0. The van der Waals surface area contributed by atoms with Gasteiger partial charge in [-0.15, -0.1) is 0 Å². The van der Waals surface area contributed by atoms with Gasteiger partial charge in [0.1, 0.15) is 5.58 Å². The Morgan fingerprint density at radius 1 is 1.37 bits per heavy atom. The molecular formula is C15H19NO3. The Morgan fingerprint density at radius 3 is 2.74 bits per heavy atom. The number of aliphatic hydroxyl groups excluding tert-OH is 1. The molecule has 0 bridgehead atoms. The molecule has 0 saturated heterocycles. The third kappa shape index (κ3) is 3.35. The van der Waals surface area contributed by atoms with Crippen LogP contribution in [-0.4, -0.2) is 23.7 Å². The van der Waals surface area contributed by atoms with E-state index in [-0.39, 0.29) is 24.3 Å². The van der Waals surface area contributed by atoms with Crippen molar-refractivity contribution in [2.75, 3.05) is 6.61 Å². The van der Waals surface area contributed by atoms with Gasteiger partial charge in [0.15, 0.2) is 5.76 Å². The summed E-state index contributed by atoms with van der Waals surface area (Å²) in [6.07, 6.45) is 0.739. The second-order valence-electron chi connectivity index (χ2n) is 5.13. The summed E-state index contributed by atoms with van der Waals surface area (Å²) in [5, 5.41) is 13.0. The average molecular weight is 261 g/mol. The Morgan fingerprint density at radius 2 is 2.11 bits per heavy atom. The Kier molecular flexibility index (Phi) is 4.22. The summed E-state index contributed by atoms with van der Waals surface area (Å²) in [4.78, 5) is 12.0. The lowest BCUT2D eigenvalue weighted by molar-refractivity contribution is 0.0882. The van der Waals surface area contributed by atoms with Gasteiger partial charge in [-0.1, -0.05) is 32.0 Å². The van der Waals surface area contributed by atoms with Crippen LogP contribution in [0.2, 0.25) is 0 Å². The Labute approximate surface area is 112 Å². The highest BCUT2D eigenvalue weighted by molar-refractivity contribution is 5.96. The predicted octanol–water partition coefficient (Wildman–Crippen LogP) is 2.57. The van der Waals surface area contributed by atoms with Gasteiger partial charge in [-0.2, -0.15) is 0 Å². The smallest absolute Gasteiger partial charge is 0.287 e. The van der Waals surface area contributed by atoms with Crippen molar-refractivity contribution in [3.05, 3.63) is 36.1 Å². The van der Waals surface area contributed by atoms with E-state index in [0.29, 0.717) is 11.5 Å². The maximum Gasteiger partial charge on any atom is 0.287 e. The summed E-state index contributed by atoms with van der Waals surface area (Å²) >= 11 is 0. The second kappa shape index (κ2) is 5.89. The highest BCUT2D eigenvalue weighted by Crippen LogP contribution is 2.18. The number of furan rings is 1. The minimum atomic E-state index is -0.282.